The Morgan fingerprint density at radius 1 is 1.07 bits per heavy atom. The second-order valence-electron chi connectivity index (χ2n) is 6.80. The van der Waals surface area contributed by atoms with E-state index in [-0.39, 0.29) is 23.9 Å². The van der Waals surface area contributed by atoms with Gasteiger partial charge in [-0.2, -0.15) is 0 Å². The van der Waals surface area contributed by atoms with Crippen LogP contribution in [0.3, 0.4) is 0 Å². The van der Waals surface area contributed by atoms with Gasteiger partial charge >= 0.3 is 0 Å². The number of nitrogens with zero attached hydrogens (tertiary/aromatic N) is 3. The lowest BCUT2D eigenvalue weighted by Gasteiger charge is -2.08. The Labute approximate surface area is 178 Å². The van der Waals surface area contributed by atoms with E-state index in [2.05, 4.69) is 20.9 Å². The molecule has 3 rings (SSSR count). The Balaban J connectivity index is 1.68. The summed E-state index contributed by atoms with van der Waals surface area (Å²) in [4.78, 5) is 36.4. The smallest absolute Gasteiger partial charge is 0.278 e. The maximum Gasteiger partial charge on any atom is 0.278 e. The molecule has 0 aliphatic rings. The number of aryl methyl sites for hydroxylation is 1. The molecule has 0 saturated heterocycles. The first-order chi connectivity index (χ1) is 14.2. The first-order valence-corrected chi connectivity index (χ1v) is 9.51. The molecule has 0 fully saturated rings. The molecule has 9 heteroatoms. The summed E-state index contributed by atoms with van der Waals surface area (Å²) >= 11 is 6.15. The van der Waals surface area contributed by atoms with Gasteiger partial charge in [0.2, 0.25) is 5.91 Å². The van der Waals surface area contributed by atoms with Crippen molar-refractivity contribution in [3.8, 4) is 0 Å². The fourth-order valence-electron chi connectivity index (χ4n) is 2.78. The van der Waals surface area contributed by atoms with Gasteiger partial charge in [0.15, 0.2) is 11.5 Å². The minimum Gasteiger partial charge on any atom is -0.324 e. The summed E-state index contributed by atoms with van der Waals surface area (Å²) in [6, 6.07) is 11.9. The van der Waals surface area contributed by atoms with Crippen molar-refractivity contribution in [2.75, 3.05) is 10.6 Å². The molecule has 0 saturated carbocycles. The average molecular weight is 426 g/mol. The number of carbonyl (C=O) groups is 3. The summed E-state index contributed by atoms with van der Waals surface area (Å²) in [5.41, 5.74) is 2.96. The third-order valence-electron chi connectivity index (χ3n) is 4.42. The number of aromatic nitrogens is 3. The van der Waals surface area contributed by atoms with Gasteiger partial charge in [-0.1, -0.05) is 35.0 Å². The number of anilines is 2. The van der Waals surface area contributed by atoms with E-state index in [0.29, 0.717) is 27.7 Å². The second kappa shape index (κ2) is 8.87. The van der Waals surface area contributed by atoms with Crippen molar-refractivity contribution in [1.29, 1.82) is 0 Å². The van der Waals surface area contributed by atoms with Crippen LogP contribution in [0.1, 0.15) is 39.0 Å². The summed E-state index contributed by atoms with van der Waals surface area (Å²) < 4.78 is 1.33. The topological polar surface area (TPSA) is 106 Å². The van der Waals surface area contributed by atoms with Crippen molar-refractivity contribution >= 4 is 40.6 Å². The van der Waals surface area contributed by atoms with Gasteiger partial charge < -0.3 is 10.6 Å². The Morgan fingerprint density at radius 2 is 1.83 bits per heavy atom. The summed E-state index contributed by atoms with van der Waals surface area (Å²) in [5.74, 6) is -0.932. The molecule has 0 atom stereocenters. The number of halogens is 1. The Bertz CT molecular complexity index is 1140. The third-order valence-corrected chi connectivity index (χ3v) is 4.73. The molecule has 0 bridgehead atoms. The molecule has 154 valence electrons. The minimum absolute atomic E-state index is 0.0949. The van der Waals surface area contributed by atoms with Crippen molar-refractivity contribution in [3.63, 3.8) is 0 Å². The van der Waals surface area contributed by atoms with E-state index in [9.17, 15) is 14.4 Å². The van der Waals surface area contributed by atoms with Gasteiger partial charge in [0.1, 0.15) is 6.54 Å². The zero-order chi connectivity index (χ0) is 21.8. The van der Waals surface area contributed by atoms with Gasteiger partial charge in [0, 0.05) is 11.3 Å². The highest BCUT2D eigenvalue weighted by atomic mass is 35.5. The molecule has 8 nitrogen and oxygen atoms in total. The number of nitrogens with one attached hydrogen (secondary N) is 2. The number of benzene rings is 2. The lowest BCUT2D eigenvalue weighted by Crippen LogP contribution is -2.21. The maximum absolute atomic E-state index is 12.5. The predicted molar refractivity (Wildman–Crippen MR) is 114 cm³/mol. The summed E-state index contributed by atoms with van der Waals surface area (Å²) in [7, 11) is 0. The first-order valence-electron chi connectivity index (χ1n) is 9.13. The van der Waals surface area contributed by atoms with Crippen LogP contribution >= 0.6 is 11.6 Å². The zero-order valence-electron chi connectivity index (χ0n) is 16.7. The number of rotatable bonds is 6. The van der Waals surface area contributed by atoms with Crippen molar-refractivity contribution in [1.82, 2.24) is 15.0 Å². The highest BCUT2D eigenvalue weighted by Gasteiger charge is 2.19. The maximum atomic E-state index is 12.5. The molecule has 30 heavy (non-hydrogen) atoms. The quantitative estimate of drug-likeness (QED) is 0.586. The number of Topliss-reactive ketones (excluding diaryl/α,β-unsaturated/α-hetero) is 1. The van der Waals surface area contributed by atoms with Crippen LogP contribution in [0.2, 0.25) is 5.02 Å². The van der Waals surface area contributed by atoms with E-state index in [1.165, 1.54) is 11.6 Å². The molecule has 0 unspecified atom stereocenters. The van der Waals surface area contributed by atoms with Crippen LogP contribution in [0.25, 0.3) is 0 Å². The normalized spacial score (nSPS) is 10.5. The molecule has 3 aromatic rings. The zero-order valence-corrected chi connectivity index (χ0v) is 17.4. The molecule has 1 aromatic heterocycles. The van der Waals surface area contributed by atoms with Crippen LogP contribution in [0.4, 0.5) is 11.4 Å². The standard InChI is InChI=1S/C21H20ClN5O3/c1-12-7-8-18(17(22)9-12)24-21(30)20-13(2)27(26-25-20)11-19(29)23-16-6-4-5-15(10-16)14(3)28/h4-10H,11H2,1-3H3,(H,23,29)(H,24,30). The Hall–Kier alpha value is -3.52. The molecular formula is C21H20ClN5O3. The van der Waals surface area contributed by atoms with Gasteiger partial charge in [0.25, 0.3) is 5.91 Å². The van der Waals surface area contributed by atoms with Crippen molar-refractivity contribution in [3.05, 3.63) is 70.0 Å². The summed E-state index contributed by atoms with van der Waals surface area (Å²) in [5, 5.41) is 13.6. The number of ketones is 1. The van der Waals surface area contributed by atoms with Crippen LogP contribution in [-0.2, 0) is 11.3 Å². The first kappa shape index (κ1) is 21.2. The fraction of sp³-hybridized carbons (Fsp3) is 0.190. The molecule has 2 aromatic carbocycles. The predicted octanol–water partition coefficient (Wildman–Crippen LogP) is 3.64. The number of hydrogen-bond acceptors (Lipinski definition) is 5. The molecule has 0 spiro atoms. The SMILES string of the molecule is CC(=O)c1cccc(NC(=O)Cn2nnc(C(=O)Nc3ccc(C)cc3Cl)c2C)c1. The second-order valence-corrected chi connectivity index (χ2v) is 7.21. The Morgan fingerprint density at radius 3 is 2.53 bits per heavy atom. The largest absolute Gasteiger partial charge is 0.324 e. The van der Waals surface area contributed by atoms with Crippen molar-refractivity contribution in [2.45, 2.75) is 27.3 Å². The van der Waals surface area contributed by atoms with E-state index in [1.807, 2.05) is 13.0 Å². The molecule has 0 radical (unpaired) electrons. The van der Waals surface area contributed by atoms with Crippen LogP contribution in [0, 0.1) is 13.8 Å². The lowest BCUT2D eigenvalue weighted by molar-refractivity contribution is -0.117. The molecule has 0 aliphatic heterocycles. The van der Waals surface area contributed by atoms with E-state index in [0.717, 1.165) is 5.56 Å². The fourth-order valence-corrected chi connectivity index (χ4v) is 3.06. The van der Waals surface area contributed by atoms with Gasteiger partial charge in [-0.15, -0.1) is 5.10 Å². The van der Waals surface area contributed by atoms with Crippen LogP contribution < -0.4 is 10.6 Å². The van der Waals surface area contributed by atoms with E-state index in [4.69, 9.17) is 11.6 Å². The number of hydrogen-bond donors (Lipinski definition) is 2. The highest BCUT2D eigenvalue weighted by Crippen LogP contribution is 2.23. The molecule has 2 amide bonds. The highest BCUT2D eigenvalue weighted by molar-refractivity contribution is 6.34. The molecular weight excluding hydrogens is 406 g/mol. The van der Waals surface area contributed by atoms with Gasteiger partial charge in [0.05, 0.1) is 16.4 Å². The van der Waals surface area contributed by atoms with Gasteiger partial charge in [-0.3, -0.25) is 14.4 Å². The minimum atomic E-state index is -0.473. The number of carbonyl (C=O) groups excluding carboxylic acids is 3. The van der Waals surface area contributed by atoms with Crippen molar-refractivity contribution in [2.24, 2.45) is 0 Å². The van der Waals surface area contributed by atoms with Crippen molar-refractivity contribution < 1.29 is 14.4 Å². The third kappa shape index (κ3) is 4.90. The van der Waals surface area contributed by atoms with E-state index in [1.54, 1.807) is 43.3 Å². The molecule has 1 heterocycles. The van der Waals surface area contributed by atoms with E-state index < -0.39 is 5.91 Å². The molecule has 0 aliphatic carbocycles. The molecule has 2 N–H and O–H groups in total. The monoisotopic (exact) mass is 425 g/mol. The van der Waals surface area contributed by atoms with Crippen LogP contribution in [-0.4, -0.2) is 32.6 Å². The average Bonchev–Trinajstić information content (AvgIpc) is 3.04. The Kier molecular flexibility index (Phi) is 6.27. The lowest BCUT2D eigenvalue weighted by atomic mass is 10.1. The summed E-state index contributed by atoms with van der Waals surface area (Å²) in [6.07, 6.45) is 0. The van der Waals surface area contributed by atoms with Crippen LogP contribution in [0.15, 0.2) is 42.5 Å². The van der Waals surface area contributed by atoms with Gasteiger partial charge in [-0.25, -0.2) is 4.68 Å². The van der Waals surface area contributed by atoms with E-state index >= 15 is 0 Å². The number of amides is 2. The van der Waals surface area contributed by atoms with Crippen LogP contribution in [0.5, 0.6) is 0 Å². The van der Waals surface area contributed by atoms with Gasteiger partial charge in [-0.05, 0) is 50.6 Å². The summed E-state index contributed by atoms with van der Waals surface area (Å²) in [6.45, 7) is 4.86.